The Morgan fingerprint density at radius 1 is 0.875 bits per heavy atom. The number of hydrogen-bond acceptors (Lipinski definition) is 2. The average molecular weight is 220 g/mol. The lowest BCUT2D eigenvalue weighted by Gasteiger charge is -2.12. The number of carbonyl (C=O) groups excluding carboxylic acids is 2. The summed E-state index contributed by atoms with van der Waals surface area (Å²) < 4.78 is 0. The van der Waals surface area contributed by atoms with E-state index >= 15 is 0 Å². The quantitative estimate of drug-likeness (QED) is 0.802. The molecule has 0 fully saturated rings. The number of hydrogen-bond donors (Lipinski definition) is 2. The first-order chi connectivity index (χ1) is 7.40. The second-order valence-corrected chi connectivity index (χ2v) is 3.84. The van der Waals surface area contributed by atoms with Crippen LogP contribution in [0, 0.1) is 13.8 Å². The molecule has 0 bridgehead atoms. The second-order valence-electron chi connectivity index (χ2n) is 3.84. The maximum Gasteiger partial charge on any atom is 0.221 e. The lowest BCUT2D eigenvalue weighted by Crippen LogP contribution is -2.11. The van der Waals surface area contributed by atoms with E-state index in [9.17, 15) is 9.59 Å². The first-order valence-corrected chi connectivity index (χ1v) is 5.06. The number of nitrogens with one attached hydrogen (secondary N) is 2. The number of carbonyl (C=O) groups is 2. The summed E-state index contributed by atoms with van der Waals surface area (Å²) in [6.45, 7) is 6.74. The summed E-state index contributed by atoms with van der Waals surface area (Å²) in [5, 5.41) is 5.45. The molecule has 4 nitrogen and oxygen atoms in total. The molecule has 0 aliphatic rings. The Kier molecular flexibility index (Phi) is 3.66. The van der Waals surface area contributed by atoms with Crippen molar-refractivity contribution >= 4 is 23.2 Å². The van der Waals surface area contributed by atoms with Gasteiger partial charge in [0, 0.05) is 25.2 Å². The Balaban J connectivity index is 3.10. The van der Waals surface area contributed by atoms with Crippen LogP contribution in [0.25, 0.3) is 0 Å². The molecule has 0 spiro atoms. The molecule has 0 saturated heterocycles. The van der Waals surface area contributed by atoms with E-state index in [4.69, 9.17) is 0 Å². The summed E-state index contributed by atoms with van der Waals surface area (Å²) in [5.41, 5.74) is 3.40. The van der Waals surface area contributed by atoms with Crippen LogP contribution in [0.3, 0.4) is 0 Å². The molecular weight excluding hydrogens is 204 g/mol. The van der Waals surface area contributed by atoms with Gasteiger partial charge in [0.15, 0.2) is 0 Å². The van der Waals surface area contributed by atoms with Crippen molar-refractivity contribution in [1.82, 2.24) is 0 Å². The second kappa shape index (κ2) is 4.79. The van der Waals surface area contributed by atoms with Crippen molar-refractivity contribution in [2.45, 2.75) is 27.7 Å². The van der Waals surface area contributed by atoms with Gasteiger partial charge in [0.1, 0.15) is 0 Å². The molecule has 0 unspecified atom stereocenters. The summed E-state index contributed by atoms with van der Waals surface area (Å²) in [5.74, 6) is -0.249. The third-order valence-corrected chi connectivity index (χ3v) is 2.19. The lowest BCUT2D eigenvalue weighted by molar-refractivity contribution is -0.115. The van der Waals surface area contributed by atoms with E-state index in [-0.39, 0.29) is 11.8 Å². The molecule has 0 aliphatic carbocycles. The standard InChI is InChI=1S/C12H16N2O2/c1-7-5-8(2)12(14-10(4)16)6-11(7)13-9(3)15/h5-6H,1-4H3,(H,13,15)(H,14,16). The van der Waals surface area contributed by atoms with Crippen molar-refractivity contribution < 1.29 is 9.59 Å². The van der Waals surface area contributed by atoms with Crippen LogP contribution in [0.15, 0.2) is 12.1 Å². The fourth-order valence-corrected chi connectivity index (χ4v) is 1.50. The molecule has 1 aromatic carbocycles. The molecule has 0 heterocycles. The Morgan fingerprint density at radius 3 is 1.56 bits per heavy atom. The van der Waals surface area contributed by atoms with Crippen molar-refractivity contribution in [3.8, 4) is 0 Å². The highest BCUT2D eigenvalue weighted by atomic mass is 16.2. The zero-order chi connectivity index (χ0) is 12.3. The lowest BCUT2D eigenvalue weighted by atomic mass is 10.1. The number of aryl methyl sites for hydroxylation is 2. The summed E-state index contributed by atoms with van der Waals surface area (Å²) in [4.78, 5) is 22.0. The Hall–Kier alpha value is -1.84. The molecule has 0 atom stereocenters. The molecule has 2 amide bonds. The zero-order valence-corrected chi connectivity index (χ0v) is 9.97. The molecule has 1 aromatic rings. The van der Waals surface area contributed by atoms with E-state index in [1.165, 1.54) is 13.8 Å². The van der Waals surface area contributed by atoms with E-state index < -0.39 is 0 Å². The van der Waals surface area contributed by atoms with Gasteiger partial charge in [0.2, 0.25) is 11.8 Å². The monoisotopic (exact) mass is 220 g/mol. The van der Waals surface area contributed by atoms with Crippen LogP contribution in [0.2, 0.25) is 0 Å². The Morgan fingerprint density at radius 2 is 1.25 bits per heavy atom. The van der Waals surface area contributed by atoms with Crippen LogP contribution < -0.4 is 10.6 Å². The number of rotatable bonds is 2. The molecule has 0 radical (unpaired) electrons. The minimum Gasteiger partial charge on any atom is -0.326 e. The van der Waals surface area contributed by atoms with Gasteiger partial charge in [0.05, 0.1) is 0 Å². The summed E-state index contributed by atoms with van der Waals surface area (Å²) in [6.07, 6.45) is 0. The van der Waals surface area contributed by atoms with Crippen LogP contribution in [0.1, 0.15) is 25.0 Å². The molecule has 4 heteroatoms. The summed E-state index contributed by atoms with van der Waals surface area (Å²) in [7, 11) is 0. The summed E-state index contributed by atoms with van der Waals surface area (Å²) >= 11 is 0. The smallest absolute Gasteiger partial charge is 0.221 e. The molecule has 0 aromatic heterocycles. The highest BCUT2D eigenvalue weighted by Crippen LogP contribution is 2.24. The van der Waals surface area contributed by atoms with Crippen LogP contribution in [0.5, 0.6) is 0 Å². The first kappa shape index (κ1) is 12.2. The van der Waals surface area contributed by atoms with Crippen molar-refractivity contribution in [2.75, 3.05) is 10.6 Å². The van der Waals surface area contributed by atoms with Crippen molar-refractivity contribution in [3.63, 3.8) is 0 Å². The highest BCUT2D eigenvalue weighted by Gasteiger charge is 2.06. The van der Waals surface area contributed by atoms with Gasteiger partial charge in [-0.3, -0.25) is 9.59 Å². The minimum atomic E-state index is -0.124. The fraction of sp³-hybridized carbons (Fsp3) is 0.333. The first-order valence-electron chi connectivity index (χ1n) is 5.06. The van der Waals surface area contributed by atoms with Crippen molar-refractivity contribution in [2.24, 2.45) is 0 Å². The zero-order valence-electron chi connectivity index (χ0n) is 9.97. The van der Waals surface area contributed by atoms with Crippen molar-refractivity contribution in [3.05, 3.63) is 23.3 Å². The third kappa shape index (κ3) is 3.08. The van der Waals surface area contributed by atoms with E-state index in [0.717, 1.165) is 22.5 Å². The van der Waals surface area contributed by atoms with Crippen molar-refractivity contribution in [1.29, 1.82) is 0 Å². The number of anilines is 2. The summed E-state index contributed by atoms with van der Waals surface area (Å²) in [6, 6.07) is 3.70. The van der Waals surface area contributed by atoms with Gasteiger partial charge in [-0.25, -0.2) is 0 Å². The molecule has 2 N–H and O–H groups in total. The number of amides is 2. The third-order valence-electron chi connectivity index (χ3n) is 2.19. The van der Waals surface area contributed by atoms with Gasteiger partial charge in [-0.05, 0) is 31.0 Å². The van der Waals surface area contributed by atoms with Gasteiger partial charge in [-0.15, -0.1) is 0 Å². The van der Waals surface area contributed by atoms with E-state index in [0.29, 0.717) is 0 Å². The maximum absolute atomic E-state index is 11.0. The molecule has 86 valence electrons. The van der Waals surface area contributed by atoms with Crippen LogP contribution in [-0.4, -0.2) is 11.8 Å². The maximum atomic E-state index is 11.0. The van der Waals surface area contributed by atoms with Gasteiger partial charge >= 0.3 is 0 Å². The normalized spacial score (nSPS) is 9.75. The SMILES string of the molecule is CC(=O)Nc1cc(NC(C)=O)c(C)cc1C. The van der Waals surface area contributed by atoms with E-state index in [1.807, 2.05) is 19.9 Å². The minimum absolute atomic E-state index is 0.124. The predicted octanol–water partition coefficient (Wildman–Crippen LogP) is 2.22. The molecule has 0 saturated carbocycles. The topological polar surface area (TPSA) is 58.2 Å². The molecular formula is C12H16N2O2. The van der Waals surface area contributed by atoms with Gasteiger partial charge in [0.25, 0.3) is 0 Å². The van der Waals surface area contributed by atoms with E-state index in [2.05, 4.69) is 10.6 Å². The average Bonchev–Trinajstić information content (AvgIpc) is 2.11. The predicted molar refractivity (Wildman–Crippen MR) is 64.5 cm³/mol. The Labute approximate surface area is 95.0 Å². The van der Waals surface area contributed by atoms with E-state index in [1.54, 1.807) is 6.07 Å². The molecule has 1 rings (SSSR count). The van der Waals surface area contributed by atoms with Gasteiger partial charge in [-0.2, -0.15) is 0 Å². The highest BCUT2D eigenvalue weighted by molar-refractivity contribution is 5.93. The molecule has 0 aliphatic heterocycles. The largest absolute Gasteiger partial charge is 0.326 e. The van der Waals surface area contributed by atoms with Gasteiger partial charge < -0.3 is 10.6 Å². The fourth-order valence-electron chi connectivity index (χ4n) is 1.50. The van der Waals surface area contributed by atoms with Crippen LogP contribution in [-0.2, 0) is 9.59 Å². The van der Waals surface area contributed by atoms with Gasteiger partial charge in [-0.1, -0.05) is 6.07 Å². The van der Waals surface area contributed by atoms with Crippen LogP contribution in [0.4, 0.5) is 11.4 Å². The Bertz CT molecular complexity index is 402. The molecule has 16 heavy (non-hydrogen) atoms. The number of benzene rings is 1. The van der Waals surface area contributed by atoms with Crippen LogP contribution >= 0.6 is 0 Å².